The van der Waals surface area contributed by atoms with Crippen molar-refractivity contribution >= 4 is 11.6 Å². The molecule has 2 aromatic carbocycles. The van der Waals surface area contributed by atoms with Crippen molar-refractivity contribution in [2.24, 2.45) is 0 Å². The number of carbonyl (C=O) groups excluding carboxylic acids is 1. The Morgan fingerprint density at radius 3 is 2.45 bits per heavy atom. The second kappa shape index (κ2) is 8.07. The summed E-state index contributed by atoms with van der Waals surface area (Å²) in [6.07, 6.45) is -4.75. The van der Waals surface area contributed by atoms with Crippen LogP contribution in [0.15, 0.2) is 42.5 Å². The van der Waals surface area contributed by atoms with Gasteiger partial charge >= 0.3 is 12.1 Å². The van der Waals surface area contributed by atoms with Crippen LogP contribution in [0.4, 0.5) is 27.6 Å². The van der Waals surface area contributed by atoms with Crippen LogP contribution in [0.5, 0.6) is 0 Å². The Morgan fingerprint density at radius 1 is 1.14 bits per heavy atom. The highest BCUT2D eigenvalue weighted by Crippen LogP contribution is 2.33. The fourth-order valence-corrected chi connectivity index (χ4v) is 3.56. The number of nitriles is 1. The van der Waals surface area contributed by atoms with Crippen LogP contribution >= 0.6 is 0 Å². The van der Waals surface area contributed by atoms with Crippen molar-refractivity contribution in [1.29, 1.82) is 5.26 Å². The van der Waals surface area contributed by atoms with Gasteiger partial charge in [0.25, 0.3) is 0 Å². The number of anilines is 1. The van der Waals surface area contributed by atoms with E-state index in [1.54, 1.807) is 11.0 Å². The van der Waals surface area contributed by atoms with Gasteiger partial charge in [-0.15, -0.1) is 0 Å². The zero-order valence-electron chi connectivity index (χ0n) is 15.0. The lowest BCUT2D eigenvalue weighted by Gasteiger charge is -2.40. The first-order chi connectivity index (χ1) is 13.7. The minimum Gasteiger partial charge on any atom is -0.368 e. The first-order valence-electron chi connectivity index (χ1n) is 8.77. The van der Waals surface area contributed by atoms with Crippen LogP contribution in [0.2, 0.25) is 0 Å². The van der Waals surface area contributed by atoms with Crippen molar-refractivity contribution in [3.8, 4) is 6.07 Å². The highest BCUT2D eigenvalue weighted by molar-refractivity contribution is 5.82. The van der Waals surface area contributed by atoms with Crippen LogP contribution < -0.4 is 10.2 Å². The zero-order chi connectivity index (χ0) is 21.2. The van der Waals surface area contributed by atoms with Gasteiger partial charge in [-0.05, 0) is 36.2 Å². The average Bonchev–Trinajstić information content (AvgIpc) is 2.68. The molecule has 0 aromatic heterocycles. The Morgan fingerprint density at radius 2 is 1.83 bits per heavy atom. The van der Waals surface area contributed by atoms with Gasteiger partial charge < -0.3 is 10.2 Å². The lowest BCUT2D eigenvalue weighted by Crippen LogP contribution is -2.54. The van der Waals surface area contributed by atoms with Crippen LogP contribution in [0, 0.1) is 23.0 Å². The summed E-state index contributed by atoms with van der Waals surface area (Å²) in [6, 6.07) is 10.1. The minimum atomic E-state index is -5.06. The Hall–Kier alpha value is -3.15. The SMILES string of the molecule is N#Cc1c(F)cccc1N1CCC(c2ccc(F)cc2)C(NC(=O)C(F)(F)F)C1. The first kappa shape index (κ1) is 20.6. The standard InChI is InChI=1S/C20H16F5N3O/c21-13-6-4-12(5-7-13)14-8-9-28(11-17(14)27-19(29)20(23,24)25)18-3-1-2-16(22)15(18)10-26/h1-7,14,17H,8-9,11H2,(H,27,29). The number of piperidine rings is 1. The molecule has 0 saturated carbocycles. The first-order valence-corrected chi connectivity index (χ1v) is 8.77. The fourth-order valence-electron chi connectivity index (χ4n) is 3.56. The zero-order valence-corrected chi connectivity index (χ0v) is 15.0. The number of hydrogen-bond acceptors (Lipinski definition) is 3. The predicted molar refractivity (Wildman–Crippen MR) is 95.1 cm³/mol. The summed E-state index contributed by atoms with van der Waals surface area (Å²) in [5.74, 6) is -3.81. The number of alkyl halides is 3. The van der Waals surface area contributed by atoms with E-state index in [-0.39, 0.29) is 17.8 Å². The summed E-state index contributed by atoms with van der Waals surface area (Å²) in [6.45, 7) is 0.251. The summed E-state index contributed by atoms with van der Waals surface area (Å²) in [5.41, 5.74) is 0.614. The highest BCUT2D eigenvalue weighted by atomic mass is 19.4. The van der Waals surface area contributed by atoms with Crippen LogP contribution in [-0.2, 0) is 4.79 Å². The molecule has 4 nitrogen and oxygen atoms in total. The number of carbonyl (C=O) groups is 1. The van der Waals surface area contributed by atoms with E-state index in [1.807, 2.05) is 5.32 Å². The summed E-state index contributed by atoms with van der Waals surface area (Å²) in [4.78, 5) is 13.1. The maximum Gasteiger partial charge on any atom is 0.471 e. The molecule has 9 heteroatoms. The molecule has 1 N–H and O–H groups in total. The van der Waals surface area contributed by atoms with Gasteiger partial charge in [-0.1, -0.05) is 18.2 Å². The maximum atomic E-state index is 13.9. The predicted octanol–water partition coefficient (Wildman–Crippen LogP) is 3.88. The molecule has 1 aliphatic rings. The van der Waals surface area contributed by atoms with E-state index in [2.05, 4.69) is 0 Å². The summed E-state index contributed by atoms with van der Waals surface area (Å²) >= 11 is 0. The van der Waals surface area contributed by atoms with Crippen LogP contribution in [0.1, 0.15) is 23.5 Å². The molecule has 1 saturated heterocycles. The molecule has 0 radical (unpaired) electrons. The number of nitrogens with one attached hydrogen (secondary N) is 1. The molecule has 3 rings (SSSR count). The molecular formula is C20H16F5N3O. The van der Waals surface area contributed by atoms with E-state index in [4.69, 9.17) is 0 Å². The summed E-state index contributed by atoms with van der Waals surface area (Å²) in [5, 5.41) is 11.2. The van der Waals surface area contributed by atoms with E-state index >= 15 is 0 Å². The lowest BCUT2D eigenvalue weighted by molar-refractivity contribution is -0.174. The average molecular weight is 409 g/mol. The van der Waals surface area contributed by atoms with Crippen LogP contribution in [0.3, 0.4) is 0 Å². The fraction of sp³-hybridized carbons (Fsp3) is 0.300. The highest BCUT2D eigenvalue weighted by Gasteiger charge is 2.42. The molecule has 2 aromatic rings. The third-order valence-electron chi connectivity index (χ3n) is 4.93. The van der Waals surface area contributed by atoms with Gasteiger partial charge in [0.2, 0.25) is 0 Å². The van der Waals surface area contributed by atoms with Gasteiger partial charge in [-0.25, -0.2) is 8.78 Å². The second-order valence-corrected chi connectivity index (χ2v) is 6.72. The number of rotatable bonds is 3. The molecular weight excluding hydrogens is 393 g/mol. The molecule has 2 unspecified atom stereocenters. The Bertz CT molecular complexity index is 937. The van der Waals surface area contributed by atoms with Crippen molar-refractivity contribution < 1.29 is 26.7 Å². The van der Waals surface area contributed by atoms with E-state index in [0.29, 0.717) is 18.5 Å². The monoisotopic (exact) mass is 409 g/mol. The quantitative estimate of drug-likeness (QED) is 0.783. The molecule has 1 fully saturated rings. The van der Waals surface area contributed by atoms with Crippen molar-refractivity contribution in [3.05, 3.63) is 65.2 Å². The number of halogens is 5. The molecule has 0 aliphatic carbocycles. The van der Waals surface area contributed by atoms with Crippen molar-refractivity contribution in [2.45, 2.75) is 24.6 Å². The molecule has 152 valence electrons. The van der Waals surface area contributed by atoms with Crippen molar-refractivity contribution in [2.75, 3.05) is 18.0 Å². The Labute approximate surface area is 163 Å². The molecule has 0 spiro atoms. The minimum absolute atomic E-state index is 0.0675. The Kier molecular flexibility index (Phi) is 5.73. The number of nitrogens with zero attached hydrogens (tertiary/aromatic N) is 2. The van der Waals surface area contributed by atoms with Crippen LogP contribution in [-0.4, -0.2) is 31.2 Å². The summed E-state index contributed by atoms with van der Waals surface area (Å²) in [7, 11) is 0. The molecule has 1 heterocycles. The maximum absolute atomic E-state index is 13.9. The van der Waals surface area contributed by atoms with Gasteiger partial charge in [0, 0.05) is 19.0 Å². The Balaban J connectivity index is 1.92. The molecule has 1 amide bonds. The van der Waals surface area contributed by atoms with Gasteiger partial charge in [-0.3, -0.25) is 4.79 Å². The van der Waals surface area contributed by atoms with E-state index in [1.165, 1.54) is 36.4 Å². The van der Waals surface area contributed by atoms with Crippen molar-refractivity contribution in [3.63, 3.8) is 0 Å². The van der Waals surface area contributed by atoms with Gasteiger partial charge in [0.1, 0.15) is 23.3 Å². The smallest absolute Gasteiger partial charge is 0.368 e. The van der Waals surface area contributed by atoms with E-state index < -0.39 is 35.7 Å². The molecule has 1 aliphatic heterocycles. The third-order valence-corrected chi connectivity index (χ3v) is 4.93. The van der Waals surface area contributed by atoms with E-state index in [9.17, 15) is 32.0 Å². The molecule has 29 heavy (non-hydrogen) atoms. The van der Waals surface area contributed by atoms with Gasteiger partial charge in [0.15, 0.2) is 0 Å². The number of hydrogen-bond donors (Lipinski definition) is 1. The third kappa shape index (κ3) is 4.47. The topological polar surface area (TPSA) is 56.1 Å². The van der Waals surface area contributed by atoms with Gasteiger partial charge in [-0.2, -0.15) is 18.4 Å². The van der Waals surface area contributed by atoms with E-state index in [0.717, 1.165) is 6.07 Å². The van der Waals surface area contributed by atoms with Crippen LogP contribution in [0.25, 0.3) is 0 Å². The number of amides is 1. The number of benzene rings is 2. The largest absolute Gasteiger partial charge is 0.471 e. The second-order valence-electron chi connectivity index (χ2n) is 6.72. The normalized spacial score (nSPS) is 19.5. The lowest BCUT2D eigenvalue weighted by atomic mass is 9.84. The molecule has 0 bridgehead atoms. The summed E-state index contributed by atoms with van der Waals surface area (Å²) < 4.78 is 65.6. The molecule has 2 atom stereocenters. The van der Waals surface area contributed by atoms with Crippen molar-refractivity contribution in [1.82, 2.24) is 5.32 Å². The van der Waals surface area contributed by atoms with Gasteiger partial charge in [0.05, 0.1) is 11.7 Å².